The maximum Gasteiger partial charge on any atom is 0.203 e. The molecule has 1 aromatic heterocycles. The lowest BCUT2D eigenvalue weighted by Crippen LogP contribution is -1.99. The van der Waals surface area contributed by atoms with Crippen molar-refractivity contribution in [3.8, 4) is 17.2 Å². The second-order valence-corrected chi connectivity index (χ2v) is 4.03. The van der Waals surface area contributed by atoms with Crippen LogP contribution in [-0.4, -0.2) is 26.3 Å². The zero-order chi connectivity index (χ0) is 13.7. The summed E-state index contributed by atoms with van der Waals surface area (Å²) in [6.45, 7) is 0. The van der Waals surface area contributed by atoms with E-state index in [2.05, 4.69) is 4.98 Å². The van der Waals surface area contributed by atoms with Crippen LogP contribution in [0, 0.1) is 0 Å². The molecule has 2 aromatic rings. The van der Waals surface area contributed by atoms with Gasteiger partial charge >= 0.3 is 0 Å². The normalized spacial score (nSPS) is 10.1. The lowest BCUT2D eigenvalue weighted by atomic mass is 10.0. The Hall–Kier alpha value is -2.23. The molecule has 0 bridgehead atoms. The summed E-state index contributed by atoms with van der Waals surface area (Å²) in [4.78, 5) is 4.12. The molecule has 4 heteroatoms. The molecule has 0 fully saturated rings. The molecule has 4 nitrogen and oxygen atoms in total. The van der Waals surface area contributed by atoms with Gasteiger partial charge in [0, 0.05) is 24.4 Å². The predicted molar refractivity (Wildman–Crippen MR) is 73.1 cm³/mol. The summed E-state index contributed by atoms with van der Waals surface area (Å²) in [7, 11) is 4.84. The fourth-order valence-corrected chi connectivity index (χ4v) is 2.03. The smallest absolute Gasteiger partial charge is 0.203 e. The van der Waals surface area contributed by atoms with Gasteiger partial charge in [-0.15, -0.1) is 0 Å². The van der Waals surface area contributed by atoms with E-state index in [9.17, 15) is 0 Å². The zero-order valence-corrected chi connectivity index (χ0v) is 11.3. The summed E-state index contributed by atoms with van der Waals surface area (Å²) in [6.07, 6.45) is 4.34. The summed E-state index contributed by atoms with van der Waals surface area (Å²) in [5.41, 5.74) is 2.15. The number of rotatable bonds is 5. The molecule has 0 spiro atoms. The molecule has 0 unspecified atom stereocenters. The van der Waals surface area contributed by atoms with Crippen LogP contribution in [0.15, 0.2) is 36.7 Å². The quantitative estimate of drug-likeness (QED) is 0.827. The Morgan fingerprint density at radius 1 is 0.947 bits per heavy atom. The van der Waals surface area contributed by atoms with Gasteiger partial charge in [-0.3, -0.25) is 4.98 Å². The van der Waals surface area contributed by atoms with Gasteiger partial charge in [-0.1, -0.05) is 12.1 Å². The van der Waals surface area contributed by atoms with Gasteiger partial charge in [-0.25, -0.2) is 0 Å². The van der Waals surface area contributed by atoms with E-state index in [1.807, 2.05) is 30.5 Å². The average Bonchev–Trinajstić information content (AvgIpc) is 2.47. The van der Waals surface area contributed by atoms with Crippen molar-refractivity contribution in [1.82, 2.24) is 4.98 Å². The first-order chi connectivity index (χ1) is 9.30. The number of benzene rings is 1. The second kappa shape index (κ2) is 6.09. The highest BCUT2D eigenvalue weighted by Gasteiger charge is 2.15. The highest BCUT2D eigenvalue weighted by atomic mass is 16.5. The minimum Gasteiger partial charge on any atom is -0.493 e. The third-order valence-corrected chi connectivity index (χ3v) is 2.90. The fraction of sp³-hybridized carbons (Fsp3) is 0.267. The van der Waals surface area contributed by atoms with Gasteiger partial charge in [-0.05, 0) is 17.7 Å². The van der Waals surface area contributed by atoms with Crippen LogP contribution in [-0.2, 0) is 6.42 Å². The molecule has 0 saturated carbocycles. The summed E-state index contributed by atoms with van der Waals surface area (Å²) in [5.74, 6) is 1.98. The van der Waals surface area contributed by atoms with Crippen LogP contribution in [0.3, 0.4) is 0 Å². The topological polar surface area (TPSA) is 40.6 Å². The maximum atomic E-state index is 5.46. The van der Waals surface area contributed by atoms with Crippen LogP contribution in [0.25, 0.3) is 0 Å². The highest BCUT2D eigenvalue weighted by molar-refractivity contribution is 5.56. The molecule has 19 heavy (non-hydrogen) atoms. The van der Waals surface area contributed by atoms with Gasteiger partial charge in [0.1, 0.15) is 0 Å². The number of aromatic nitrogens is 1. The lowest BCUT2D eigenvalue weighted by Gasteiger charge is -2.15. The molecule has 0 N–H and O–H groups in total. The molecule has 2 rings (SSSR count). The maximum absolute atomic E-state index is 5.46. The first-order valence-electron chi connectivity index (χ1n) is 5.97. The molecule has 0 saturated heterocycles. The largest absolute Gasteiger partial charge is 0.493 e. The summed E-state index contributed by atoms with van der Waals surface area (Å²) in [5, 5.41) is 0. The Bertz CT molecular complexity index is 541. The molecule has 0 aliphatic carbocycles. The second-order valence-electron chi connectivity index (χ2n) is 4.03. The van der Waals surface area contributed by atoms with E-state index in [4.69, 9.17) is 14.2 Å². The van der Waals surface area contributed by atoms with Crippen LogP contribution in [0.4, 0.5) is 0 Å². The Kier molecular flexibility index (Phi) is 4.23. The van der Waals surface area contributed by atoms with Crippen LogP contribution in [0.5, 0.6) is 17.2 Å². The third kappa shape index (κ3) is 2.78. The number of pyridine rings is 1. The van der Waals surface area contributed by atoms with Crippen molar-refractivity contribution in [2.45, 2.75) is 6.42 Å². The molecule has 0 amide bonds. The van der Waals surface area contributed by atoms with Gasteiger partial charge in [-0.2, -0.15) is 0 Å². The minimum absolute atomic E-state index is 0.617. The molecule has 1 aromatic carbocycles. The number of hydrogen-bond donors (Lipinski definition) is 0. The molecule has 0 atom stereocenters. The SMILES string of the molecule is COc1ccc(Cc2cccnc2)c(OC)c1OC. The zero-order valence-electron chi connectivity index (χ0n) is 11.3. The number of hydrogen-bond acceptors (Lipinski definition) is 4. The first-order valence-corrected chi connectivity index (χ1v) is 5.97. The van der Waals surface area contributed by atoms with Gasteiger partial charge in [0.15, 0.2) is 11.5 Å². The molecule has 1 heterocycles. The number of nitrogens with zero attached hydrogens (tertiary/aromatic N) is 1. The highest BCUT2D eigenvalue weighted by Crippen LogP contribution is 2.40. The average molecular weight is 259 g/mol. The van der Waals surface area contributed by atoms with Crippen molar-refractivity contribution >= 4 is 0 Å². The van der Waals surface area contributed by atoms with E-state index >= 15 is 0 Å². The Morgan fingerprint density at radius 2 is 1.74 bits per heavy atom. The van der Waals surface area contributed by atoms with Crippen molar-refractivity contribution in [2.75, 3.05) is 21.3 Å². The van der Waals surface area contributed by atoms with Crippen molar-refractivity contribution in [2.24, 2.45) is 0 Å². The van der Waals surface area contributed by atoms with E-state index < -0.39 is 0 Å². The van der Waals surface area contributed by atoms with E-state index in [1.165, 1.54) is 0 Å². The van der Waals surface area contributed by atoms with E-state index in [0.29, 0.717) is 17.2 Å². The molecule has 0 radical (unpaired) electrons. The summed E-state index contributed by atoms with van der Waals surface area (Å²) in [6, 6.07) is 7.81. The van der Waals surface area contributed by atoms with E-state index in [-0.39, 0.29) is 0 Å². The van der Waals surface area contributed by atoms with Crippen LogP contribution in [0.2, 0.25) is 0 Å². The van der Waals surface area contributed by atoms with Crippen LogP contribution < -0.4 is 14.2 Å². The van der Waals surface area contributed by atoms with Gasteiger partial charge in [0.05, 0.1) is 21.3 Å². The van der Waals surface area contributed by atoms with Crippen LogP contribution in [0.1, 0.15) is 11.1 Å². The molecule has 0 aliphatic rings. The number of methoxy groups -OCH3 is 3. The van der Waals surface area contributed by atoms with Gasteiger partial charge in [0.25, 0.3) is 0 Å². The lowest BCUT2D eigenvalue weighted by molar-refractivity contribution is 0.322. The first kappa shape index (κ1) is 13.2. The Balaban J connectivity index is 2.40. The standard InChI is InChI=1S/C15H17NO3/c1-17-13-7-6-12(14(18-2)15(13)19-3)9-11-5-4-8-16-10-11/h4-8,10H,9H2,1-3H3. The van der Waals surface area contributed by atoms with Crippen molar-refractivity contribution in [1.29, 1.82) is 0 Å². The monoisotopic (exact) mass is 259 g/mol. The van der Waals surface area contributed by atoms with E-state index in [1.54, 1.807) is 27.5 Å². The minimum atomic E-state index is 0.617. The summed E-state index contributed by atoms with van der Waals surface area (Å²) >= 11 is 0. The van der Waals surface area contributed by atoms with Crippen molar-refractivity contribution in [3.63, 3.8) is 0 Å². The predicted octanol–water partition coefficient (Wildman–Crippen LogP) is 2.70. The third-order valence-electron chi connectivity index (χ3n) is 2.90. The van der Waals surface area contributed by atoms with E-state index in [0.717, 1.165) is 17.5 Å². The van der Waals surface area contributed by atoms with Gasteiger partial charge < -0.3 is 14.2 Å². The number of ether oxygens (including phenoxy) is 3. The molecule has 0 aliphatic heterocycles. The van der Waals surface area contributed by atoms with Crippen molar-refractivity contribution < 1.29 is 14.2 Å². The molecular formula is C15H17NO3. The van der Waals surface area contributed by atoms with Crippen molar-refractivity contribution in [3.05, 3.63) is 47.8 Å². The van der Waals surface area contributed by atoms with Gasteiger partial charge in [0.2, 0.25) is 5.75 Å². The molecular weight excluding hydrogens is 242 g/mol. The van der Waals surface area contributed by atoms with Crippen LogP contribution >= 0.6 is 0 Å². The summed E-state index contributed by atoms with van der Waals surface area (Å²) < 4.78 is 16.1. The fourth-order valence-electron chi connectivity index (χ4n) is 2.03. The Morgan fingerprint density at radius 3 is 2.32 bits per heavy atom. The Labute approximate surface area is 113 Å². The molecule has 100 valence electrons.